The molecule has 0 fully saturated rings. The molecular formula is C11H17FN2O3S. The molecule has 1 rings (SSSR count). The van der Waals surface area contributed by atoms with Crippen molar-refractivity contribution in [2.45, 2.75) is 11.4 Å². The lowest BCUT2D eigenvalue weighted by molar-refractivity contribution is 0.204. The van der Waals surface area contributed by atoms with E-state index < -0.39 is 15.8 Å². The highest BCUT2D eigenvalue weighted by molar-refractivity contribution is 7.89. The zero-order chi connectivity index (χ0) is 13.6. The minimum Gasteiger partial charge on any atom is -0.383 e. The quantitative estimate of drug-likeness (QED) is 0.710. The third-order valence-corrected chi connectivity index (χ3v) is 3.74. The Morgan fingerprint density at radius 2 is 2.11 bits per heavy atom. The van der Waals surface area contributed by atoms with E-state index in [-0.39, 0.29) is 18.0 Å². The van der Waals surface area contributed by atoms with Crippen LogP contribution in [0.4, 0.5) is 4.39 Å². The van der Waals surface area contributed by atoms with Crippen LogP contribution in [-0.2, 0) is 21.3 Å². The lowest BCUT2D eigenvalue weighted by Crippen LogP contribution is -2.28. The summed E-state index contributed by atoms with van der Waals surface area (Å²) < 4.78 is 44.3. The third-order valence-electron chi connectivity index (χ3n) is 2.26. The van der Waals surface area contributed by atoms with E-state index in [0.717, 1.165) is 6.07 Å². The van der Waals surface area contributed by atoms with Crippen LogP contribution in [0, 0.1) is 5.82 Å². The summed E-state index contributed by atoms with van der Waals surface area (Å²) in [7, 11) is -0.646. The predicted octanol–water partition coefficient (Wildman–Crippen LogP) is 0.470. The molecule has 0 aliphatic rings. The highest BCUT2D eigenvalue weighted by Gasteiger charge is 2.18. The Morgan fingerprint density at radius 3 is 2.72 bits per heavy atom. The van der Waals surface area contributed by atoms with Gasteiger partial charge in [0, 0.05) is 20.2 Å². The van der Waals surface area contributed by atoms with Crippen molar-refractivity contribution < 1.29 is 17.5 Å². The first-order valence-corrected chi connectivity index (χ1v) is 6.91. The fourth-order valence-corrected chi connectivity index (χ4v) is 2.56. The SMILES string of the molecule is CNCc1ccc(F)c(S(=O)(=O)NCCOC)c1. The first-order valence-electron chi connectivity index (χ1n) is 5.43. The molecule has 1 aromatic rings. The van der Waals surface area contributed by atoms with Gasteiger partial charge in [0.25, 0.3) is 0 Å². The summed E-state index contributed by atoms with van der Waals surface area (Å²) in [5.74, 6) is -0.764. The number of rotatable bonds is 7. The van der Waals surface area contributed by atoms with Gasteiger partial charge < -0.3 is 10.1 Å². The standard InChI is InChI=1S/C11H17FN2O3S/c1-13-8-9-3-4-10(12)11(7-9)18(15,16)14-5-6-17-2/h3-4,7,13-14H,5-6,8H2,1-2H3. The van der Waals surface area contributed by atoms with E-state index in [1.165, 1.54) is 13.2 Å². The first-order chi connectivity index (χ1) is 8.51. The van der Waals surface area contributed by atoms with Crippen LogP contribution in [0.2, 0.25) is 0 Å². The molecule has 0 atom stereocenters. The lowest BCUT2D eigenvalue weighted by atomic mass is 10.2. The molecule has 0 unspecified atom stereocenters. The minimum absolute atomic E-state index is 0.106. The molecule has 18 heavy (non-hydrogen) atoms. The zero-order valence-corrected chi connectivity index (χ0v) is 11.2. The van der Waals surface area contributed by atoms with Crippen molar-refractivity contribution in [2.75, 3.05) is 27.3 Å². The first kappa shape index (κ1) is 15.0. The Labute approximate surface area is 106 Å². The van der Waals surface area contributed by atoms with E-state index in [1.807, 2.05) is 0 Å². The molecule has 0 saturated carbocycles. The average Bonchev–Trinajstić information content (AvgIpc) is 2.32. The van der Waals surface area contributed by atoms with Gasteiger partial charge in [0.15, 0.2) is 0 Å². The molecule has 0 aromatic heterocycles. The molecule has 0 aliphatic carbocycles. The highest BCUT2D eigenvalue weighted by Crippen LogP contribution is 2.16. The maximum Gasteiger partial charge on any atom is 0.243 e. The van der Waals surface area contributed by atoms with Crippen LogP contribution < -0.4 is 10.0 Å². The summed E-state index contributed by atoms with van der Waals surface area (Å²) in [6.45, 7) is 0.812. The minimum atomic E-state index is -3.84. The zero-order valence-electron chi connectivity index (χ0n) is 10.4. The fraction of sp³-hybridized carbons (Fsp3) is 0.455. The molecule has 2 N–H and O–H groups in total. The van der Waals surface area contributed by atoms with Gasteiger partial charge in [-0.3, -0.25) is 0 Å². The second-order valence-electron chi connectivity index (χ2n) is 3.69. The van der Waals surface area contributed by atoms with Gasteiger partial charge >= 0.3 is 0 Å². The Balaban J connectivity index is 2.95. The van der Waals surface area contributed by atoms with Gasteiger partial charge in [-0.2, -0.15) is 0 Å². The van der Waals surface area contributed by atoms with Crippen molar-refractivity contribution in [3.8, 4) is 0 Å². The van der Waals surface area contributed by atoms with Crippen LogP contribution in [0.3, 0.4) is 0 Å². The van der Waals surface area contributed by atoms with Gasteiger partial charge in [-0.15, -0.1) is 0 Å². The van der Waals surface area contributed by atoms with Crippen LogP contribution in [0.5, 0.6) is 0 Å². The molecule has 1 aromatic carbocycles. The fourth-order valence-electron chi connectivity index (χ4n) is 1.42. The molecule has 5 nitrogen and oxygen atoms in total. The topological polar surface area (TPSA) is 67.4 Å². The second kappa shape index (κ2) is 6.79. The molecule has 0 spiro atoms. The smallest absolute Gasteiger partial charge is 0.243 e. The van der Waals surface area contributed by atoms with Crippen LogP contribution in [0.1, 0.15) is 5.56 Å². The second-order valence-corrected chi connectivity index (χ2v) is 5.42. The van der Waals surface area contributed by atoms with Crippen molar-refractivity contribution in [1.82, 2.24) is 10.0 Å². The van der Waals surface area contributed by atoms with Gasteiger partial charge in [-0.05, 0) is 24.7 Å². The van der Waals surface area contributed by atoms with Crippen molar-refractivity contribution in [2.24, 2.45) is 0 Å². The molecule has 0 bridgehead atoms. The van der Waals surface area contributed by atoms with E-state index >= 15 is 0 Å². The van der Waals surface area contributed by atoms with Gasteiger partial charge in [-0.1, -0.05) is 6.07 Å². The van der Waals surface area contributed by atoms with E-state index in [2.05, 4.69) is 10.0 Å². The molecule has 0 aliphatic heterocycles. The van der Waals surface area contributed by atoms with Gasteiger partial charge in [-0.25, -0.2) is 17.5 Å². The molecule has 102 valence electrons. The summed E-state index contributed by atoms with van der Waals surface area (Å²) in [5.41, 5.74) is 0.700. The van der Waals surface area contributed by atoms with Gasteiger partial charge in [0.1, 0.15) is 10.7 Å². The Kier molecular flexibility index (Phi) is 5.67. The van der Waals surface area contributed by atoms with Crippen molar-refractivity contribution in [3.05, 3.63) is 29.6 Å². The molecule has 0 amide bonds. The Bertz CT molecular complexity index is 491. The highest BCUT2D eigenvalue weighted by atomic mass is 32.2. The van der Waals surface area contributed by atoms with E-state index in [0.29, 0.717) is 12.1 Å². The van der Waals surface area contributed by atoms with Gasteiger partial charge in [0.2, 0.25) is 10.0 Å². The number of hydrogen-bond acceptors (Lipinski definition) is 4. The van der Waals surface area contributed by atoms with E-state index in [1.54, 1.807) is 13.1 Å². The number of benzene rings is 1. The van der Waals surface area contributed by atoms with Crippen LogP contribution in [0.25, 0.3) is 0 Å². The maximum absolute atomic E-state index is 13.5. The Hall–Kier alpha value is -1.02. The molecule has 7 heteroatoms. The summed E-state index contributed by atoms with van der Waals surface area (Å²) in [4.78, 5) is -0.341. The van der Waals surface area contributed by atoms with Crippen LogP contribution in [-0.4, -0.2) is 35.7 Å². The predicted molar refractivity (Wildman–Crippen MR) is 66.2 cm³/mol. The maximum atomic E-state index is 13.5. The number of ether oxygens (including phenoxy) is 1. The molecular weight excluding hydrogens is 259 g/mol. The number of sulfonamides is 1. The largest absolute Gasteiger partial charge is 0.383 e. The van der Waals surface area contributed by atoms with Crippen molar-refractivity contribution in [1.29, 1.82) is 0 Å². The molecule has 0 radical (unpaired) electrons. The lowest BCUT2D eigenvalue weighted by Gasteiger charge is -2.09. The third kappa shape index (κ3) is 4.02. The number of halogens is 1. The molecule has 0 heterocycles. The Morgan fingerprint density at radius 1 is 1.39 bits per heavy atom. The van der Waals surface area contributed by atoms with Gasteiger partial charge in [0.05, 0.1) is 6.61 Å². The average molecular weight is 276 g/mol. The van der Waals surface area contributed by atoms with Crippen molar-refractivity contribution in [3.63, 3.8) is 0 Å². The summed E-state index contributed by atoms with van der Waals surface area (Å²) in [5, 5.41) is 2.88. The summed E-state index contributed by atoms with van der Waals surface area (Å²) >= 11 is 0. The van der Waals surface area contributed by atoms with Crippen molar-refractivity contribution >= 4 is 10.0 Å². The van der Waals surface area contributed by atoms with E-state index in [9.17, 15) is 12.8 Å². The molecule has 0 saturated heterocycles. The summed E-state index contributed by atoms with van der Waals surface area (Å²) in [6.07, 6.45) is 0. The van der Waals surface area contributed by atoms with Crippen LogP contribution >= 0.6 is 0 Å². The number of nitrogens with one attached hydrogen (secondary N) is 2. The number of methoxy groups -OCH3 is 1. The van der Waals surface area contributed by atoms with E-state index in [4.69, 9.17) is 4.74 Å². The van der Waals surface area contributed by atoms with Crippen LogP contribution in [0.15, 0.2) is 23.1 Å². The number of hydrogen-bond donors (Lipinski definition) is 2. The normalized spacial score (nSPS) is 11.7. The monoisotopic (exact) mass is 276 g/mol. The summed E-state index contributed by atoms with van der Waals surface area (Å²) in [6, 6.07) is 4.01.